The number of carbonyl (C=O) groups excluding carboxylic acids is 1. The molecule has 0 radical (unpaired) electrons. The second kappa shape index (κ2) is 15.2. The van der Waals surface area contributed by atoms with Gasteiger partial charge in [0.2, 0.25) is 19.9 Å². The SMILES string of the molecule is CCOC1OC(C(=O)N2CCN(Cc3ccc4c(c3)OCO4)CC2)=CC(c2ccc3c(c2)OCO3)C1CCOCCOCCO. The number of hydrogen-bond donors (Lipinski definition) is 1. The lowest BCUT2D eigenvalue weighted by atomic mass is 9.81. The monoisotopic (exact) mass is 626 g/mol. The van der Waals surface area contributed by atoms with E-state index < -0.39 is 6.29 Å². The number of aliphatic hydroxyl groups is 1. The lowest BCUT2D eigenvalue weighted by molar-refractivity contribution is -0.172. The maximum Gasteiger partial charge on any atom is 0.288 e. The van der Waals surface area contributed by atoms with Gasteiger partial charge in [0.25, 0.3) is 5.91 Å². The lowest BCUT2D eigenvalue weighted by Crippen LogP contribution is -2.50. The third-order valence-corrected chi connectivity index (χ3v) is 8.41. The van der Waals surface area contributed by atoms with Crippen molar-refractivity contribution in [2.45, 2.75) is 32.1 Å². The van der Waals surface area contributed by atoms with Gasteiger partial charge >= 0.3 is 0 Å². The fraction of sp³-hybridized carbons (Fsp3) is 0.545. The number of allylic oxidation sites excluding steroid dienone is 1. The first-order valence-corrected chi connectivity index (χ1v) is 15.7. The summed E-state index contributed by atoms with van der Waals surface area (Å²) in [6, 6.07) is 11.9. The normalized spacial score (nSPS) is 22.3. The van der Waals surface area contributed by atoms with Crippen LogP contribution in [0.2, 0.25) is 0 Å². The van der Waals surface area contributed by atoms with Gasteiger partial charge in [0.1, 0.15) is 0 Å². The molecule has 0 aliphatic carbocycles. The van der Waals surface area contributed by atoms with E-state index in [0.717, 1.165) is 42.3 Å². The first-order chi connectivity index (χ1) is 22.1. The minimum Gasteiger partial charge on any atom is -0.459 e. The zero-order valence-electron chi connectivity index (χ0n) is 25.7. The van der Waals surface area contributed by atoms with Crippen LogP contribution in [0, 0.1) is 5.92 Å². The maximum absolute atomic E-state index is 13.9. The molecule has 3 unspecified atom stereocenters. The largest absolute Gasteiger partial charge is 0.459 e. The summed E-state index contributed by atoms with van der Waals surface area (Å²) in [6.45, 7) is 7.80. The van der Waals surface area contributed by atoms with Gasteiger partial charge in [0.05, 0.1) is 26.4 Å². The van der Waals surface area contributed by atoms with Crippen molar-refractivity contribution in [2.24, 2.45) is 5.92 Å². The average molecular weight is 627 g/mol. The summed E-state index contributed by atoms with van der Waals surface area (Å²) in [7, 11) is 0. The number of rotatable bonds is 14. The Kier molecular flexibility index (Phi) is 10.6. The zero-order valence-corrected chi connectivity index (χ0v) is 25.7. The molecular weight excluding hydrogens is 584 g/mol. The van der Waals surface area contributed by atoms with E-state index in [-0.39, 0.29) is 44.5 Å². The van der Waals surface area contributed by atoms with Crippen molar-refractivity contribution in [1.82, 2.24) is 9.80 Å². The van der Waals surface area contributed by atoms with Gasteiger partial charge in [0, 0.05) is 57.8 Å². The van der Waals surface area contributed by atoms with E-state index in [1.165, 1.54) is 0 Å². The summed E-state index contributed by atoms with van der Waals surface area (Å²) in [5.41, 5.74) is 2.14. The summed E-state index contributed by atoms with van der Waals surface area (Å²) in [5, 5.41) is 8.90. The van der Waals surface area contributed by atoms with Crippen LogP contribution in [-0.4, -0.2) is 107 Å². The summed E-state index contributed by atoms with van der Waals surface area (Å²) in [4.78, 5) is 18.1. The topological polar surface area (TPSA) is 118 Å². The molecule has 4 aliphatic heterocycles. The van der Waals surface area contributed by atoms with Crippen molar-refractivity contribution >= 4 is 5.91 Å². The van der Waals surface area contributed by atoms with Crippen molar-refractivity contribution in [3.8, 4) is 23.0 Å². The van der Waals surface area contributed by atoms with Crippen molar-refractivity contribution in [2.75, 3.05) is 79.4 Å². The number of benzene rings is 2. The molecular formula is C33H42N2O10. The zero-order chi connectivity index (χ0) is 31.0. The predicted molar refractivity (Wildman–Crippen MR) is 161 cm³/mol. The van der Waals surface area contributed by atoms with E-state index >= 15 is 0 Å². The summed E-state index contributed by atoms with van der Waals surface area (Å²) >= 11 is 0. The summed E-state index contributed by atoms with van der Waals surface area (Å²) in [6.07, 6.45) is 1.94. The molecule has 1 amide bonds. The molecule has 2 aromatic carbocycles. The van der Waals surface area contributed by atoms with E-state index in [0.29, 0.717) is 63.2 Å². The second-order valence-corrected chi connectivity index (χ2v) is 11.3. The molecule has 2 aromatic rings. The number of fused-ring (bicyclic) bond motifs is 2. The molecule has 4 heterocycles. The average Bonchev–Trinajstić information content (AvgIpc) is 3.74. The van der Waals surface area contributed by atoms with E-state index in [1.807, 2.05) is 48.2 Å². The van der Waals surface area contributed by atoms with E-state index in [1.54, 1.807) is 0 Å². The first-order valence-electron chi connectivity index (χ1n) is 15.7. The number of piperazine rings is 1. The molecule has 1 fully saturated rings. The molecule has 1 saturated heterocycles. The Morgan fingerprint density at radius 3 is 2.29 bits per heavy atom. The molecule has 0 spiro atoms. The molecule has 3 atom stereocenters. The predicted octanol–water partition coefficient (Wildman–Crippen LogP) is 2.88. The molecule has 0 aromatic heterocycles. The van der Waals surface area contributed by atoms with Gasteiger partial charge in [-0.2, -0.15) is 0 Å². The molecule has 244 valence electrons. The third kappa shape index (κ3) is 7.64. The Labute approximate surface area is 263 Å². The minimum absolute atomic E-state index is 0.0170. The van der Waals surface area contributed by atoms with Crippen molar-refractivity contribution in [3.63, 3.8) is 0 Å². The third-order valence-electron chi connectivity index (χ3n) is 8.41. The quantitative estimate of drug-likeness (QED) is 0.312. The standard InChI is InChI=1S/C33H42N2O10/c1-2-40-33-25(7-13-38-15-16-39-14-12-36)26(24-4-6-28-30(18-24)44-22-42-28)19-31(45-33)32(37)35-10-8-34(9-11-35)20-23-3-5-27-29(17-23)43-21-41-27/h3-6,17-19,25-26,33,36H,2,7-16,20-22H2,1H3. The molecule has 0 bridgehead atoms. The van der Waals surface area contributed by atoms with Crippen LogP contribution in [-0.2, 0) is 30.3 Å². The van der Waals surface area contributed by atoms with E-state index in [4.69, 9.17) is 43.0 Å². The highest BCUT2D eigenvalue weighted by Crippen LogP contribution is 2.43. The molecule has 1 N–H and O–H groups in total. The van der Waals surface area contributed by atoms with Gasteiger partial charge < -0.3 is 47.9 Å². The van der Waals surface area contributed by atoms with Crippen LogP contribution in [0.25, 0.3) is 0 Å². The van der Waals surface area contributed by atoms with Gasteiger partial charge in [-0.25, -0.2) is 0 Å². The van der Waals surface area contributed by atoms with Gasteiger partial charge in [0.15, 0.2) is 28.8 Å². The maximum atomic E-state index is 13.9. The Balaban J connectivity index is 1.13. The fourth-order valence-corrected chi connectivity index (χ4v) is 6.10. The van der Waals surface area contributed by atoms with Crippen LogP contribution in [0.3, 0.4) is 0 Å². The highest BCUT2D eigenvalue weighted by molar-refractivity contribution is 5.92. The Hall–Kier alpha value is -3.55. The highest BCUT2D eigenvalue weighted by atomic mass is 16.7. The van der Waals surface area contributed by atoms with Crippen LogP contribution in [0.1, 0.15) is 30.4 Å². The second-order valence-electron chi connectivity index (χ2n) is 11.3. The summed E-state index contributed by atoms with van der Waals surface area (Å²) in [5.74, 6) is 2.82. The Bertz CT molecular complexity index is 1330. The molecule has 0 saturated carbocycles. The van der Waals surface area contributed by atoms with E-state index in [9.17, 15) is 4.79 Å². The Morgan fingerprint density at radius 2 is 1.56 bits per heavy atom. The lowest BCUT2D eigenvalue weighted by Gasteiger charge is -2.39. The Morgan fingerprint density at radius 1 is 0.867 bits per heavy atom. The van der Waals surface area contributed by atoms with Crippen LogP contribution in [0.15, 0.2) is 48.2 Å². The van der Waals surface area contributed by atoms with Crippen molar-refractivity contribution < 1.29 is 47.8 Å². The van der Waals surface area contributed by atoms with Crippen LogP contribution in [0.4, 0.5) is 0 Å². The van der Waals surface area contributed by atoms with Gasteiger partial charge in [-0.15, -0.1) is 0 Å². The van der Waals surface area contributed by atoms with Gasteiger partial charge in [-0.1, -0.05) is 12.1 Å². The van der Waals surface area contributed by atoms with Crippen molar-refractivity contribution in [1.29, 1.82) is 0 Å². The van der Waals surface area contributed by atoms with Crippen LogP contribution < -0.4 is 18.9 Å². The molecule has 4 aliphatic rings. The molecule has 12 heteroatoms. The fourth-order valence-electron chi connectivity index (χ4n) is 6.10. The smallest absolute Gasteiger partial charge is 0.288 e. The number of aliphatic hydroxyl groups excluding tert-OH is 1. The first kappa shape index (κ1) is 31.4. The van der Waals surface area contributed by atoms with Crippen molar-refractivity contribution in [3.05, 3.63) is 59.4 Å². The molecule has 45 heavy (non-hydrogen) atoms. The number of ether oxygens (including phenoxy) is 8. The molecule has 12 nitrogen and oxygen atoms in total. The molecule has 6 rings (SSSR count). The van der Waals surface area contributed by atoms with Gasteiger partial charge in [-0.05, 0) is 54.8 Å². The number of carbonyl (C=O) groups is 1. The van der Waals surface area contributed by atoms with Crippen LogP contribution >= 0.6 is 0 Å². The number of amides is 1. The van der Waals surface area contributed by atoms with Crippen LogP contribution in [0.5, 0.6) is 23.0 Å². The number of nitrogens with zero attached hydrogens (tertiary/aromatic N) is 2. The van der Waals surface area contributed by atoms with Gasteiger partial charge in [-0.3, -0.25) is 9.69 Å². The number of hydrogen-bond acceptors (Lipinski definition) is 11. The minimum atomic E-state index is -0.629. The van der Waals surface area contributed by atoms with E-state index in [2.05, 4.69) is 11.0 Å². The summed E-state index contributed by atoms with van der Waals surface area (Å²) < 4.78 is 45.7. The highest BCUT2D eigenvalue weighted by Gasteiger charge is 2.40.